The van der Waals surface area contributed by atoms with Gasteiger partial charge in [0.05, 0.1) is 18.4 Å². The van der Waals surface area contributed by atoms with E-state index in [1.54, 1.807) is 24.5 Å². The average Bonchev–Trinajstić information content (AvgIpc) is 2.94. The van der Waals surface area contributed by atoms with Crippen molar-refractivity contribution in [1.82, 2.24) is 0 Å². The van der Waals surface area contributed by atoms with Crippen LogP contribution in [0.5, 0.6) is 5.75 Å². The lowest BCUT2D eigenvalue weighted by molar-refractivity contribution is -0.115. The van der Waals surface area contributed by atoms with Crippen molar-refractivity contribution in [2.24, 2.45) is 0 Å². The zero-order chi connectivity index (χ0) is 12.5. The van der Waals surface area contributed by atoms with E-state index in [4.69, 9.17) is 14.9 Å². The molecule has 1 aliphatic heterocycles. The largest absolute Gasteiger partial charge is 0.483 e. The highest BCUT2D eigenvalue weighted by molar-refractivity contribution is 6.00. The summed E-state index contributed by atoms with van der Waals surface area (Å²) in [5.74, 6) is 1.25. The Kier molecular flexibility index (Phi) is 2.44. The highest BCUT2D eigenvalue weighted by atomic mass is 16.5. The molecule has 1 aliphatic rings. The third-order valence-corrected chi connectivity index (χ3v) is 2.81. The van der Waals surface area contributed by atoms with Gasteiger partial charge in [-0.2, -0.15) is 0 Å². The Hall–Kier alpha value is -2.43. The Morgan fingerprint density at radius 1 is 1.44 bits per heavy atom. The Morgan fingerprint density at radius 2 is 2.33 bits per heavy atom. The zero-order valence-corrected chi connectivity index (χ0v) is 9.60. The fourth-order valence-electron chi connectivity index (χ4n) is 1.94. The average molecular weight is 244 g/mol. The fourth-order valence-corrected chi connectivity index (χ4v) is 1.94. The number of nitrogens with one attached hydrogen (secondary N) is 1. The highest BCUT2D eigenvalue weighted by Gasteiger charge is 2.19. The Morgan fingerprint density at radius 3 is 3.11 bits per heavy atom. The summed E-state index contributed by atoms with van der Waals surface area (Å²) >= 11 is 0. The number of ether oxygens (including phenoxy) is 1. The van der Waals surface area contributed by atoms with Crippen LogP contribution >= 0.6 is 0 Å². The monoisotopic (exact) mass is 244 g/mol. The summed E-state index contributed by atoms with van der Waals surface area (Å²) < 4.78 is 10.7. The molecule has 5 heteroatoms. The van der Waals surface area contributed by atoms with Crippen LogP contribution in [0.4, 0.5) is 11.4 Å². The predicted molar refractivity (Wildman–Crippen MR) is 66.2 cm³/mol. The zero-order valence-electron chi connectivity index (χ0n) is 9.60. The van der Waals surface area contributed by atoms with Crippen molar-refractivity contribution in [3.8, 4) is 5.75 Å². The number of nitrogen functional groups attached to an aromatic ring is 1. The van der Waals surface area contributed by atoms with Crippen LogP contribution in [0.2, 0.25) is 0 Å². The number of furan rings is 1. The number of benzene rings is 1. The van der Waals surface area contributed by atoms with Gasteiger partial charge in [-0.1, -0.05) is 0 Å². The maximum Gasteiger partial charge on any atom is 0.228 e. The standard InChI is InChI=1S/C13H12N2O3/c14-10-4-8-5-13(16)15-11(8)6-12(10)18-7-9-2-1-3-17-9/h1-4,6H,5,7,14H2,(H,15,16). The first-order chi connectivity index (χ1) is 8.72. The van der Waals surface area contributed by atoms with E-state index in [1.807, 2.05) is 6.07 Å². The lowest BCUT2D eigenvalue weighted by Crippen LogP contribution is -2.03. The number of hydrogen-bond acceptors (Lipinski definition) is 4. The molecule has 0 unspecified atom stereocenters. The van der Waals surface area contributed by atoms with Gasteiger partial charge >= 0.3 is 0 Å². The van der Waals surface area contributed by atoms with Crippen LogP contribution in [0.1, 0.15) is 11.3 Å². The quantitative estimate of drug-likeness (QED) is 0.809. The molecular formula is C13H12N2O3. The number of hydrogen-bond donors (Lipinski definition) is 2. The molecule has 0 radical (unpaired) electrons. The van der Waals surface area contributed by atoms with E-state index in [9.17, 15) is 4.79 Å². The number of amides is 1. The molecule has 0 atom stereocenters. The number of fused-ring (bicyclic) bond motifs is 1. The van der Waals surface area contributed by atoms with Crippen LogP contribution in [0.15, 0.2) is 34.9 Å². The molecule has 0 spiro atoms. The van der Waals surface area contributed by atoms with Gasteiger partial charge in [-0.05, 0) is 23.8 Å². The van der Waals surface area contributed by atoms with Crippen molar-refractivity contribution >= 4 is 17.3 Å². The van der Waals surface area contributed by atoms with Crippen LogP contribution in [0.25, 0.3) is 0 Å². The molecule has 0 saturated heterocycles. The van der Waals surface area contributed by atoms with Crippen LogP contribution in [0.3, 0.4) is 0 Å². The summed E-state index contributed by atoms with van der Waals surface area (Å²) in [5, 5.41) is 2.76. The molecule has 18 heavy (non-hydrogen) atoms. The van der Waals surface area contributed by atoms with Gasteiger partial charge in [-0.3, -0.25) is 4.79 Å². The van der Waals surface area contributed by atoms with E-state index in [0.29, 0.717) is 24.5 Å². The summed E-state index contributed by atoms with van der Waals surface area (Å²) in [6.07, 6.45) is 1.96. The molecule has 2 heterocycles. The minimum Gasteiger partial charge on any atom is -0.483 e. The Balaban J connectivity index is 1.80. The number of nitrogens with two attached hydrogens (primary N) is 1. The van der Waals surface area contributed by atoms with Gasteiger partial charge < -0.3 is 20.2 Å². The smallest absolute Gasteiger partial charge is 0.228 e. The molecule has 5 nitrogen and oxygen atoms in total. The van der Waals surface area contributed by atoms with E-state index >= 15 is 0 Å². The third kappa shape index (κ3) is 1.90. The maximum absolute atomic E-state index is 11.3. The van der Waals surface area contributed by atoms with E-state index in [2.05, 4.69) is 5.32 Å². The lowest BCUT2D eigenvalue weighted by Gasteiger charge is -2.09. The fraction of sp³-hybridized carbons (Fsp3) is 0.154. The molecule has 1 aromatic carbocycles. The normalized spacial score (nSPS) is 13.2. The van der Waals surface area contributed by atoms with Gasteiger partial charge in [0.15, 0.2) is 0 Å². The van der Waals surface area contributed by atoms with Crippen molar-refractivity contribution in [3.05, 3.63) is 41.9 Å². The molecule has 3 rings (SSSR count). The number of rotatable bonds is 3. The second-order valence-electron chi connectivity index (χ2n) is 4.14. The van der Waals surface area contributed by atoms with E-state index < -0.39 is 0 Å². The van der Waals surface area contributed by atoms with Gasteiger partial charge in [0, 0.05) is 11.8 Å². The second kappa shape index (κ2) is 4.10. The van der Waals surface area contributed by atoms with Crippen molar-refractivity contribution in [2.45, 2.75) is 13.0 Å². The SMILES string of the molecule is Nc1cc2c(cc1OCc1ccco1)NC(=O)C2. The minimum atomic E-state index is -0.0208. The Bertz CT molecular complexity index is 591. The summed E-state index contributed by atoms with van der Waals surface area (Å²) in [4.78, 5) is 11.3. The van der Waals surface area contributed by atoms with Gasteiger partial charge in [0.2, 0.25) is 5.91 Å². The third-order valence-electron chi connectivity index (χ3n) is 2.81. The van der Waals surface area contributed by atoms with Crippen LogP contribution < -0.4 is 15.8 Å². The van der Waals surface area contributed by atoms with Gasteiger partial charge in [-0.15, -0.1) is 0 Å². The molecule has 0 saturated carbocycles. The molecule has 0 fully saturated rings. The van der Waals surface area contributed by atoms with Crippen molar-refractivity contribution < 1.29 is 13.9 Å². The van der Waals surface area contributed by atoms with Crippen LogP contribution in [0, 0.1) is 0 Å². The first-order valence-corrected chi connectivity index (χ1v) is 5.60. The van der Waals surface area contributed by atoms with E-state index in [0.717, 1.165) is 17.0 Å². The van der Waals surface area contributed by atoms with E-state index in [1.165, 1.54) is 0 Å². The van der Waals surface area contributed by atoms with Crippen molar-refractivity contribution in [1.29, 1.82) is 0 Å². The first-order valence-electron chi connectivity index (χ1n) is 5.60. The molecule has 2 aromatic rings. The molecule has 3 N–H and O–H groups in total. The van der Waals surface area contributed by atoms with Gasteiger partial charge in [-0.25, -0.2) is 0 Å². The van der Waals surface area contributed by atoms with Crippen molar-refractivity contribution in [2.75, 3.05) is 11.1 Å². The summed E-state index contributed by atoms with van der Waals surface area (Å²) in [6, 6.07) is 7.14. The predicted octanol–water partition coefficient (Wildman–Crippen LogP) is 1.94. The van der Waals surface area contributed by atoms with Crippen LogP contribution in [-0.4, -0.2) is 5.91 Å². The number of carbonyl (C=O) groups excluding carboxylic acids is 1. The lowest BCUT2D eigenvalue weighted by atomic mass is 10.1. The summed E-state index contributed by atoms with van der Waals surface area (Å²) in [6.45, 7) is 0.309. The van der Waals surface area contributed by atoms with Gasteiger partial charge in [0.25, 0.3) is 0 Å². The van der Waals surface area contributed by atoms with E-state index in [-0.39, 0.29) is 5.91 Å². The molecule has 92 valence electrons. The molecule has 0 bridgehead atoms. The Labute approximate surface area is 104 Å². The molecule has 1 amide bonds. The maximum atomic E-state index is 11.3. The van der Waals surface area contributed by atoms with Crippen molar-refractivity contribution in [3.63, 3.8) is 0 Å². The summed E-state index contributed by atoms with van der Waals surface area (Å²) in [7, 11) is 0. The molecular weight excluding hydrogens is 232 g/mol. The number of carbonyl (C=O) groups is 1. The molecule has 1 aromatic heterocycles. The second-order valence-corrected chi connectivity index (χ2v) is 4.14. The highest BCUT2D eigenvalue weighted by Crippen LogP contribution is 2.33. The minimum absolute atomic E-state index is 0.0208. The molecule has 0 aliphatic carbocycles. The van der Waals surface area contributed by atoms with Crippen LogP contribution in [-0.2, 0) is 17.8 Å². The number of anilines is 2. The van der Waals surface area contributed by atoms with Gasteiger partial charge in [0.1, 0.15) is 18.1 Å². The summed E-state index contributed by atoms with van der Waals surface area (Å²) in [5.41, 5.74) is 8.08. The first kappa shape index (κ1) is 10.7. The topological polar surface area (TPSA) is 77.5 Å².